The van der Waals surface area contributed by atoms with Crippen LogP contribution in [0.3, 0.4) is 0 Å². The van der Waals surface area contributed by atoms with Crippen LogP contribution in [0, 0.1) is 0 Å². The van der Waals surface area contributed by atoms with Crippen LogP contribution >= 0.6 is 11.3 Å². The number of carbonyl (C=O) groups excluding carboxylic acids is 1. The molecule has 1 unspecified atom stereocenters. The average Bonchev–Trinajstić information content (AvgIpc) is 3.34. The van der Waals surface area contributed by atoms with Crippen LogP contribution in [0.15, 0.2) is 30.6 Å². The van der Waals surface area contributed by atoms with E-state index < -0.39 is 5.60 Å². The molecule has 26 heavy (non-hydrogen) atoms. The fourth-order valence-electron chi connectivity index (χ4n) is 3.86. The molecule has 0 radical (unpaired) electrons. The van der Waals surface area contributed by atoms with Gasteiger partial charge in [-0.05, 0) is 44.4 Å². The van der Waals surface area contributed by atoms with Gasteiger partial charge in [0.05, 0.1) is 5.69 Å². The van der Waals surface area contributed by atoms with Gasteiger partial charge >= 0.3 is 0 Å². The van der Waals surface area contributed by atoms with Gasteiger partial charge in [-0.3, -0.25) is 14.7 Å². The van der Waals surface area contributed by atoms with Crippen LogP contribution < -0.4 is 0 Å². The maximum absolute atomic E-state index is 12.7. The van der Waals surface area contributed by atoms with Crippen molar-refractivity contribution in [1.29, 1.82) is 0 Å². The van der Waals surface area contributed by atoms with E-state index >= 15 is 0 Å². The lowest BCUT2D eigenvalue weighted by atomic mass is 9.91. The number of aromatic nitrogens is 2. The Balaban J connectivity index is 1.42. The molecule has 2 aromatic heterocycles. The summed E-state index contributed by atoms with van der Waals surface area (Å²) in [6.07, 6.45) is 7.13. The van der Waals surface area contributed by atoms with Gasteiger partial charge in [-0.2, -0.15) is 0 Å². The van der Waals surface area contributed by atoms with Crippen molar-refractivity contribution >= 4 is 17.2 Å². The highest BCUT2D eigenvalue weighted by Crippen LogP contribution is 2.29. The van der Waals surface area contributed by atoms with Crippen molar-refractivity contribution in [3.05, 3.63) is 35.5 Å². The minimum atomic E-state index is -1.24. The fraction of sp³-hybridized carbons (Fsp3) is 0.526. The van der Waals surface area contributed by atoms with Gasteiger partial charge in [0.2, 0.25) is 0 Å². The molecule has 1 N–H and O–H groups in total. The molecule has 0 spiro atoms. The molecule has 2 aliphatic rings. The number of carbonyl (C=O) groups is 1. The molecule has 2 saturated heterocycles. The molecule has 0 saturated carbocycles. The van der Waals surface area contributed by atoms with Gasteiger partial charge in [0.1, 0.15) is 5.01 Å². The summed E-state index contributed by atoms with van der Waals surface area (Å²) in [7, 11) is 0. The molecular weight excluding hydrogens is 348 g/mol. The molecule has 0 bridgehead atoms. The number of amides is 1. The Hall–Kier alpha value is -1.83. The summed E-state index contributed by atoms with van der Waals surface area (Å²) in [5, 5.41) is 11.9. The first kappa shape index (κ1) is 17.6. The summed E-state index contributed by atoms with van der Waals surface area (Å²) in [5.74, 6) is -0.0850. The molecule has 1 amide bonds. The summed E-state index contributed by atoms with van der Waals surface area (Å²) in [4.78, 5) is 26.7. The second kappa shape index (κ2) is 7.42. The van der Waals surface area contributed by atoms with Crippen LogP contribution in [0.25, 0.3) is 10.7 Å². The number of aliphatic hydroxyl groups is 1. The average molecular weight is 372 g/mol. The van der Waals surface area contributed by atoms with Crippen molar-refractivity contribution in [3.8, 4) is 10.7 Å². The third-order valence-electron chi connectivity index (χ3n) is 5.16. The largest absolute Gasteiger partial charge is 0.379 e. The van der Waals surface area contributed by atoms with Gasteiger partial charge in [-0.15, -0.1) is 11.3 Å². The van der Waals surface area contributed by atoms with Crippen molar-refractivity contribution in [2.45, 2.75) is 37.8 Å². The molecule has 7 heteroatoms. The minimum absolute atomic E-state index is 0.0850. The number of hydrogen-bond donors (Lipinski definition) is 1. The van der Waals surface area contributed by atoms with Gasteiger partial charge in [-0.1, -0.05) is 6.07 Å². The van der Waals surface area contributed by atoms with Gasteiger partial charge < -0.3 is 10.0 Å². The fourth-order valence-corrected chi connectivity index (χ4v) is 4.79. The molecule has 2 aliphatic heterocycles. The van der Waals surface area contributed by atoms with E-state index in [2.05, 4.69) is 14.9 Å². The van der Waals surface area contributed by atoms with Crippen molar-refractivity contribution in [2.75, 3.05) is 26.2 Å². The molecule has 2 aromatic rings. The van der Waals surface area contributed by atoms with Crippen molar-refractivity contribution in [2.24, 2.45) is 0 Å². The SMILES string of the molecule is O=C(N1CCCC1)C1(O)CCCN(Cc2cnc(-c3ccccn3)s2)C1. The number of likely N-dealkylation sites (tertiary alicyclic amines) is 2. The minimum Gasteiger partial charge on any atom is -0.379 e. The first-order valence-corrected chi connectivity index (χ1v) is 10.1. The number of β-amino-alcohol motifs (C(OH)–C–C–N with tert-alkyl or cyclic N) is 1. The molecule has 4 rings (SSSR count). The summed E-state index contributed by atoms with van der Waals surface area (Å²) in [5.41, 5.74) is -0.361. The van der Waals surface area contributed by atoms with E-state index in [1.807, 2.05) is 29.3 Å². The lowest BCUT2D eigenvalue weighted by Gasteiger charge is -2.39. The Bertz CT molecular complexity index is 760. The van der Waals surface area contributed by atoms with Crippen LogP contribution in [0.5, 0.6) is 0 Å². The van der Waals surface area contributed by atoms with E-state index in [0.717, 1.165) is 54.5 Å². The van der Waals surface area contributed by atoms with Crippen LogP contribution in [0.4, 0.5) is 0 Å². The Kier molecular flexibility index (Phi) is 5.02. The monoisotopic (exact) mass is 372 g/mol. The molecule has 0 aliphatic carbocycles. The van der Waals surface area contributed by atoms with E-state index in [4.69, 9.17) is 0 Å². The molecule has 138 valence electrons. The molecule has 1 atom stereocenters. The van der Waals surface area contributed by atoms with Crippen molar-refractivity contribution in [3.63, 3.8) is 0 Å². The highest BCUT2D eigenvalue weighted by Gasteiger charge is 2.43. The van der Waals surface area contributed by atoms with Gasteiger partial charge in [0.15, 0.2) is 5.60 Å². The van der Waals surface area contributed by atoms with Crippen LogP contribution in [0.2, 0.25) is 0 Å². The first-order chi connectivity index (χ1) is 12.6. The van der Waals surface area contributed by atoms with Crippen molar-refractivity contribution in [1.82, 2.24) is 19.8 Å². The lowest BCUT2D eigenvalue weighted by Crippen LogP contribution is -2.57. The van der Waals surface area contributed by atoms with Crippen LogP contribution in [0.1, 0.15) is 30.6 Å². The number of piperidine rings is 1. The van der Waals surface area contributed by atoms with E-state index in [1.165, 1.54) is 0 Å². The number of thiazole rings is 1. The summed E-state index contributed by atoms with van der Waals surface area (Å²) in [6, 6.07) is 5.80. The quantitative estimate of drug-likeness (QED) is 0.891. The molecule has 2 fully saturated rings. The molecular formula is C19H24N4O2S. The smallest absolute Gasteiger partial charge is 0.255 e. The first-order valence-electron chi connectivity index (χ1n) is 9.24. The van der Waals surface area contributed by atoms with Crippen LogP contribution in [-0.4, -0.2) is 62.6 Å². The van der Waals surface area contributed by atoms with E-state index in [1.54, 1.807) is 17.5 Å². The normalized spacial score (nSPS) is 24.1. The topological polar surface area (TPSA) is 69.6 Å². The highest BCUT2D eigenvalue weighted by molar-refractivity contribution is 7.14. The third kappa shape index (κ3) is 3.65. The summed E-state index contributed by atoms with van der Waals surface area (Å²) >= 11 is 1.62. The second-order valence-electron chi connectivity index (χ2n) is 7.19. The second-order valence-corrected chi connectivity index (χ2v) is 8.31. The Morgan fingerprint density at radius 3 is 2.81 bits per heavy atom. The van der Waals surface area contributed by atoms with Crippen molar-refractivity contribution < 1.29 is 9.90 Å². The summed E-state index contributed by atoms with van der Waals surface area (Å²) < 4.78 is 0. The van der Waals surface area contributed by atoms with Crippen LogP contribution in [-0.2, 0) is 11.3 Å². The van der Waals surface area contributed by atoms with Gasteiger partial charge in [-0.25, -0.2) is 4.98 Å². The van der Waals surface area contributed by atoms with E-state index in [0.29, 0.717) is 19.5 Å². The molecule has 6 nitrogen and oxygen atoms in total. The Morgan fingerprint density at radius 2 is 2.04 bits per heavy atom. The van der Waals surface area contributed by atoms with Gasteiger partial charge in [0.25, 0.3) is 5.91 Å². The zero-order valence-electron chi connectivity index (χ0n) is 14.8. The lowest BCUT2D eigenvalue weighted by molar-refractivity contribution is -0.156. The Morgan fingerprint density at radius 1 is 1.19 bits per heavy atom. The highest BCUT2D eigenvalue weighted by atomic mass is 32.1. The van der Waals surface area contributed by atoms with E-state index in [-0.39, 0.29) is 5.91 Å². The standard InChI is InChI=1S/C19H24N4O2S/c24-18(23-10-3-4-11-23)19(25)7-5-9-22(14-19)13-15-12-21-17(26-15)16-6-1-2-8-20-16/h1-2,6,8,12,25H,3-5,7,9-11,13-14H2. The number of hydrogen-bond acceptors (Lipinski definition) is 6. The maximum atomic E-state index is 12.7. The number of nitrogens with zero attached hydrogens (tertiary/aromatic N) is 4. The number of rotatable bonds is 4. The summed E-state index contributed by atoms with van der Waals surface area (Å²) in [6.45, 7) is 3.57. The van der Waals surface area contributed by atoms with Gasteiger partial charge in [0, 0.05) is 43.4 Å². The molecule has 0 aromatic carbocycles. The molecule has 4 heterocycles. The predicted molar refractivity (Wildman–Crippen MR) is 101 cm³/mol. The zero-order valence-corrected chi connectivity index (χ0v) is 15.6. The number of pyridine rings is 1. The predicted octanol–water partition coefficient (Wildman–Crippen LogP) is 2.15. The third-order valence-corrected chi connectivity index (χ3v) is 6.16. The zero-order chi connectivity index (χ0) is 18.0. The Labute approximate surface area is 157 Å². The maximum Gasteiger partial charge on any atom is 0.255 e. The van der Waals surface area contributed by atoms with E-state index in [9.17, 15) is 9.90 Å².